The molecular formula is C9H10N4O. The molecule has 72 valence electrons. The maximum atomic E-state index is 11.1. The van der Waals surface area contributed by atoms with Crippen LogP contribution in [0.2, 0.25) is 0 Å². The molecule has 14 heavy (non-hydrogen) atoms. The van der Waals surface area contributed by atoms with E-state index >= 15 is 0 Å². The van der Waals surface area contributed by atoms with E-state index in [0.717, 1.165) is 17.5 Å². The number of carbonyl (C=O) groups excluding carboxylic acids is 1. The summed E-state index contributed by atoms with van der Waals surface area (Å²) >= 11 is 0. The number of hydrogen-bond donors (Lipinski definition) is 2. The number of nitrogens with zero attached hydrogens (tertiary/aromatic N) is 2. The monoisotopic (exact) mass is 190 g/mol. The Morgan fingerprint density at radius 3 is 3.07 bits per heavy atom. The quantitative estimate of drug-likeness (QED) is 0.727. The normalized spacial score (nSPS) is 10.6. The zero-order chi connectivity index (χ0) is 10.1. The van der Waals surface area contributed by atoms with Gasteiger partial charge in [-0.15, -0.1) is 0 Å². The van der Waals surface area contributed by atoms with E-state index in [2.05, 4.69) is 15.2 Å². The van der Waals surface area contributed by atoms with Gasteiger partial charge in [-0.05, 0) is 12.5 Å². The largest absolute Gasteiger partial charge is 0.364 e. The molecule has 0 saturated carbocycles. The molecular weight excluding hydrogens is 180 g/mol. The summed E-state index contributed by atoms with van der Waals surface area (Å²) in [7, 11) is 0. The molecule has 0 spiro atoms. The van der Waals surface area contributed by atoms with E-state index < -0.39 is 5.91 Å². The molecule has 3 N–H and O–H groups in total. The molecule has 2 rings (SSSR count). The lowest BCUT2D eigenvalue weighted by Crippen LogP contribution is -2.14. The van der Waals surface area contributed by atoms with E-state index in [-0.39, 0.29) is 5.69 Å². The topological polar surface area (TPSA) is 84.7 Å². The molecule has 2 heterocycles. The predicted octanol–water partition coefficient (Wildman–Crippen LogP) is 0.619. The standard InChI is InChI=1S/C9H10N4O/c1-2-6-3-5-4-11-13-7(5)8(12-6)9(10)14/h3-4H,2H2,1H3,(H2,10,14)(H,11,13). The zero-order valence-corrected chi connectivity index (χ0v) is 7.74. The summed E-state index contributed by atoms with van der Waals surface area (Å²) in [5, 5.41) is 7.42. The van der Waals surface area contributed by atoms with Gasteiger partial charge in [0.2, 0.25) is 0 Å². The molecule has 0 aliphatic heterocycles. The SMILES string of the molecule is CCc1cc2cn[nH]c2c(C(N)=O)n1. The van der Waals surface area contributed by atoms with Crippen molar-refractivity contribution >= 4 is 16.8 Å². The molecule has 0 saturated heterocycles. The van der Waals surface area contributed by atoms with Gasteiger partial charge in [0.15, 0.2) is 5.69 Å². The summed E-state index contributed by atoms with van der Waals surface area (Å²) in [6.45, 7) is 1.97. The van der Waals surface area contributed by atoms with Crippen molar-refractivity contribution in [1.29, 1.82) is 0 Å². The van der Waals surface area contributed by atoms with Crippen molar-refractivity contribution in [1.82, 2.24) is 15.2 Å². The lowest BCUT2D eigenvalue weighted by Gasteiger charge is -2.00. The van der Waals surface area contributed by atoms with E-state index in [4.69, 9.17) is 5.73 Å². The Balaban J connectivity index is 2.76. The fraction of sp³-hybridized carbons (Fsp3) is 0.222. The molecule has 0 aromatic carbocycles. The van der Waals surface area contributed by atoms with Crippen molar-refractivity contribution in [2.45, 2.75) is 13.3 Å². The highest BCUT2D eigenvalue weighted by molar-refractivity contribution is 6.02. The molecule has 2 aromatic rings. The molecule has 1 amide bonds. The highest BCUT2D eigenvalue weighted by Gasteiger charge is 2.11. The van der Waals surface area contributed by atoms with Crippen LogP contribution >= 0.6 is 0 Å². The number of nitrogens with one attached hydrogen (secondary N) is 1. The lowest BCUT2D eigenvalue weighted by molar-refractivity contribution is 0.0997. The van der Waals surface area contributed by atoms with Crippen molar-refractivity contribution in [2.75, 3.05) is 0 Å². The maximum absolute atomic E-state index is 11.1. The third kappa shape index (κ3) is 1.22. The minimum Gasteiger partial charge on any atom is -0.364 e. The molecule has 0 fully saturated rings. The Morgan fingerprint density at radius 1 is 1.64 bits per heavy atom. The fourth-order valence-corrected chi connectivity index (χ4v) is 1.37. The number of aryl methyl sites for hydroxylation is 1. The molecule has 5 nitrogen and oxygen atoms in total. The smallest absolute Gasteiger partial charge is 0.269 e. The van der Waals surface area contributed by atoms with Crippen LogP contribution in [-0.4, -0.2) is 21.1 Å². The maximum Gasteiger partial charge on any atom is 0.269 e. The molecule has 0 bridgehead atoms. The average molecular weight is 190 g/mol. The van der Waals surface area contributed by atoms with E-state index in [1.54, 1.807) is 6.20 Å². The van der Waals surface area contributed by atoms with Gasteiger partial charge in [-0.1, -0.05) is 6.92 Å². The number of hydrogen-bond acceptors (Lipinski definition) is 3. The van der Waals surface area contributed by atoms with Crippen LogP contribution in [0.5, 0.6) is 0 Å². The van der Waals surface area contributed by atoms with Gasteiger partial charge in [0.25, 0.3) is 5.91 Å². The number of rotatable bonds is 2. The van der Waals surface area contributed by atoms with E-state index in [9.17, 15) is 4.79 Å². The van der Waals surface area contributed by atoms with Crippen LogP contribution in [0.15, 0.2) is 12.3 Å². The second-order valence-electron chi connectivity index (χ2n) is 3.01. The zero-order valence-electron chi connectivity index (χ0n) is 7.74. The molecule has 0 aliphatic rings. The van der Waals surface area contributed by atoms with Crippen molar-refractivity contribution < 1.29 is 4.79 Å². The van der Waals surface area contributed by atoms with Crippen LogP contribution in [0.1, 0.15) is 23.1 Å². The van der Waals surface area contributed by atoms with Crippen molar-refractivity contribution in [3.63, 3.8) is 0 Å². The van der Waals surface area contributed by atoms with Gasteiger partial charge in [-0.3, -0.25) is 9.89 Å². The minimum absolute atomic E-state index is 0.261. The van der Waals surface area contributed by atoms with Gasteiger partial charge in [0.1, 0.15) is 0 Å². The Bertz CT molecular complexity index is 489. The number of aromatic nitrogens is 3. The number of nitrogens with two attached hydrogens (primary N) is 1. The van der Waals surface area contributed by atoms with E-state index in [1.807, 2.05) is 13.0 Å². The van der Waals surface area contributed by atoms with Crippen molar-refractivity contribution in [3.8, 4) is 0 Å². The van der Waals surface area contributed by atoms with Gasteiger partial charge < -0.3 is 5.73 Å². The number of H-pyrrole nitrogens is 1. The van der Waals surface area contributed by atoms with E-state index in [1.165, 1.54) is 0 Å². The number of aromatic amines is 1. The van der Waals surface area contributed by atoms with Crippen LogP contribution in [0.25, 0.3) is 10.9 Å². The van der Waals surface area contributed by atoms with Crippen LogP contribution in [0.3, 0.4) is 0 Å². The summed E-state index contributed by atoms with van der Waals surface area (Å²) in [4.78, 5) is 15.2. The lowest BCUT2D eigenvalue weighted by atomic mass is 10.2. The van der Waals surface area contributed by atoms with Crippen molar-refractivity contribution in [3.05, 3.63) is 23.7 Å². The molecule has 0 atom stereocenters. The first-order valence-corrected chi connectivity index (χ1v) is 4.35. The number of primary amides is 1. The number of pyridine rings is 1. The van der Waals surface area contributed by atoms with Gasteiger partial charge in [0.05, 0.1) is 11.7 Å². The van der Waals surface area contributed by atoms with Gasteiger partial charge in [-0.25, -0.2) is 4.98 Å². The van der Waals surface area contributed by atoms with Gasteiger partial charge in [-0.2, -0.15) is 5.10 Å². The molecule has 2 aromatic heterocycles. The molecule has 5 heteroatoms. The van der Waals surface area contributed by atoms with Crippen LogP contribution in [-0.2, 0) is 6.42 Å². The highest BCUT2D eigenvalue weighted by Crippen LogP contribution is 2.15. The Kier molecular flexibility index (Phi) is 1.92. The third-order valence-corrected chi connectivity index (χ3v) is 2.08. The van der Waals surface area contributed by atoms with Gasteiger partial charge in [0, 0.05) is 11.1 Å². The molecule has 0 unspecified atom stereocenters. The first kappa shape index (κ1) is 8.68. The summed E-state index contributed by atoms with van der Waals surface area (Å²) in [6.07, 6.45) is 2.42. The van der Waals surface area contributed by atoms with E-state index in [0.29, 0.717) is 5.52 Å². The molecule has 0 aliphatic carbocycles. The summed E-state index contributed by atoms with van der Waals surface area (Å²) in [6, 6.07) is 1.89. The number of fused-ring (bicyclic) bond motifs is 1. The highest BCUT2D eigenvalue weighted by atomic mass is 16.1. The second kappa shape index (κ2) is 3.10. The van der Waals surface area contributed by atoms with Gasteiger partial charge >= 0.3 is 0 Å². The number of amides is 1. The summed E-state index contributed by atoms with van der Waals surface area (Å²) in [5.74, 6) is -0.533. The average Bonchev–Trinajstić information content (AvgIpc) is 2.63. The minimum atomic E-state index is -0.533. The fourth-order valence-electron chi connectivity index (χ4n) is 1.37. The van der Waals surface area contributed by atoms with Crippen LogP contribution < -0.4 is 5.73 Å². The first-order chi connectivity index (χ1) is 6.72. The molecule has 0 radical (unpaired) electrons. The predicted molar refractivity (Wildman–Crippen MR) is 51.8 cm³/mol. The Labute approximate surface area is 80.3 Å². The second-order valence-corrected chi connectivity index (χ2v) is 3.01. The summed E-state index contributed by atoms with van der Waals surface area (Å²) in [5.41, 5.74) is 6.92. The summed E-state index contributed by atoms with van der Waals surface area (Å²) < 4.78 is 0. The van der Waals surface area contributed by atoms with Crippen molar-refractivity contribution in [2.24, 2.45) is 5.73 Å². The Hall–Kier alpha value is -1.91. The number of carbonyl (C=O) groups is 1. The van der Waals surface area contributed by atoms with Crippen LogP contribution in [0, 0.1) is 0 Å². The Morgan fingerprint density at radius 2 is 2.43 bits per heavy atom. The third-order valence-electron chi connectivity index (χ3n) is 2.08. The first-order valence-electron chi connectivity index (χ1n) is 4.35. The van der Waals surface area contributed by atoms with Crippen LogP contribution in [0.4, 0.5) is 0 Å².